The van der Waals surface area contributed by atoms with Gasteiger partial charge < -0.3 is 29.7 Å². The first-order valence-electron chi connectivity index (χ1n) is 15.7. The Morgan fingerprint density at radius 1 is 1.00 bits per heavy atom. The summed E-state index contributed by atoms with van der Waals surface area (Å²) in [6.45, 7) is 3.67. The standard InChI is InChI=1S/C32H49N3O7/c1-3-4-5-6-12-20-42-32(39)34-27(22-24-13-8-7-9-14-24)30(37)33-26(31(38)40-2)17-18-29(36)35-19-21-41-28-16-11-10-15-25(28)23-35/h10-11,15-16,24,26-27H,3-9,12-14,17-23H2,1-2H3,(H,33,37)(H,34,39)/t26-,27-/m0/s1. The molecule has 0 radical (unpaired) electrons. The third kappa shape index (κ3) is 11.2. The first kappa shape index (κ1) is 33.2. The number of nitrogens with one attached hydrogen (secondary N) is 2. The number of rotatable bonds is 15. The quantitative estimate of drug-likeness (QED) is 0.221. The summed E-state index contributed by atoms with van der Waals surface area (Å²) in [6, 6.07) is 5.74. The zero-order valence-corrected chi connectivity index (χ0v) is 25.4. The molecule has 42 heavy (non-hydrogen) atoms. The van der Waals surface area contributed by atoms with E-state index in [4.69, 9.17) is 14.2 Å². The fourth-order valence-electron chi connectivity index (χ4n) is 5.67. The summed E-state index contributed by atoms with van der Waals surface area (Å²) in [6.07, 6.45) is 10.5. The molecule has 1 heterocycles. The number of carbonyl (C=O) groups is 4. The largest absolute Gasteiger partial charge is 0.491 e. The number of unbranched alkanes of at least 4 members (excludes halogenated alkanes) is 4. The van der Waals surface area contributed by atoms with Gasteiger partial charge in [0.25, 0.3) is 0 Å². The molecule has 0 bridgehead atoms. The number of benzene rings is 1. The third-order valence-corrected chi connectivity index (χ3v) is 8.14. The first-order chi connectivity index (χ1) is 20.4. The van der Waals surface area contributed by atoms with Crippen LogP contribution in [-0.2, 0) is 30.4 Å². The zero-order chi connectivity index (χ0) is 30.2. The van der Waals surface area contributed by atoms with Crippen LogP contribution in [0.4, 0.5) is 4.79 Å². The van der Waals surface area contributed by atoms with Gasteiger partial charge >= 0.3 is 12.1 Å². The lowest BCUT2D eigenvalue weighted by Gasteiger charge is -2.28. The predicted octanol–water partition coefficient (Wildman–Crippen LogP) is 4.88. The van der Waals surface area contributed by atoms with E-state index in [9.17, 15) is 19.2 Å². The van der Waals surface area contributed by atoms with Gasteiger partial charge in [0, 0.05) is 18.5 Å². The van der Waals surface area contributed by atoms with Crippen molar-refractivity contribution in [3.8, 4) is 5.75 Å². The molecule has 234 valence electrons. The van der Waals surface area contributed by atoms with Crippen LogP contribution in [0.1, 0.15) is 96.0 Å². The van der Waals surface area contributed by atoms with Crippen molar-refractivity contribution in [2.45, 2.75) is 109 Å². The minimum atomic E-state index is -1.02. The first-order valence-corrected chi connectivity index (χ1v) is 15.7. The normalized spacial score (nSPS) is 16.7. The van der Waals surface area contributed by atoms with E-state index in [1.54, 1.807) is 4.90 Å². The molecule has 3 amide bonds. The number of para-hydroxylation sites is 1. The molecule has 0 unspecified atom stereocenters. The van der Waals surface area contributed by atoms with Crippen LogP contribution in [-0.4, -0.2) is 67.7 Å². The lowest BCUT2D eigenvalue weighted by Crippen LogP contribution is -2.52. The van der Waals surface area contributed by atoms with E-state index >= 15 is 0 Å². The van der Waals surface area contributed by atoms with Crippen molar-refractivity contribution < 1.29 is 33.4 Å². The lowest BCUT2D eigenvalue weighted by molar-refractivity contribution is -0.146. The Bertz CT molecular complexity index is 1010. The number of alkyl carbamates (subject to hydrolysis) is 1. The Balaban J connectivity index is 1.58. The van der Waals surface area contributed by atoms with Crippen molar-refractivity contribution in [1.82, 2.24) is 15.5 Å². The Labute approximate surface area is 250 Å². The van der Waals surface area contributed by atoms with E-state index in [0.717, 1.165) is 69.1 Å². The molecule has 10 heteroatoms. The van der Waals surface area contributed by atoms with E-state index < -0.39 is 30.1 Å². The van der Waals surface area contributed by atoms with Crippen molar-refractivity contribution in [2.75, 3.05) is 26.9 Å². The molecule has 2 aliphatic rings. The smallest absolute Gasteiger partial charge is 0.407 e. The highest BCUT2D eigenvalue weighted by Gasteiger charge is 2.31. The SMILES string of the molecule is CCCCCCCOC(=O)N[C@@H](CC1CCCCC1)C(=O)N[C@@H](CCC(=O)N1CCOc2ccccc2C1)C(=O)OC. The molecule has 1 aromatic carbocycles. The number of amides is 3. The molecule has 1 saturated carbocycles. The topological polar surface area (TPSA) is 123 Å². The number of hydrogen-bond acceptors (Lipinski definition) is 7. The van der Waals surface area contributed by atoms with Crippen molar-refractivity contribution >= 4 is 23.9 Å². The van der Waals surface area contributed by atoms with E-state index in [-0.39, 0.29) is 18.7 Å². The molecule has 1 aliphatic heterocycles. The monoisotopic (exact) mass is 587 g/mol. The van der Waals surface area contributed by atoms with Gasteiger partial charge in [-0.05, 0) is 31.2 Å². The van der Waals surface area contributed by atoms with E-state index in [1.165, 1.54) is 13.5 Å². The van der Waals surface area contributed by atoms with E-state index in [1.807, 2.05) is 24.3 Å². The van der Waals surface area contributed by atoms with Gasteiger partial charge in [0.1, 0.15) is 24.4 Å². The second-order valence-electron chi connectivity index (χ2n) is 11.4. The van der Waals surface area contributed by atoms with Gasteiger partial charge in [-0.2, -0.15) is 0 Å². The second-order valence-corrected chi connectivity index (χ2v) is 11.4. The van der Waals surface area contributed by atoms with Crippen LogP contribution < -0.4 is 15.4 Å². The molecule has 2 atom stereocenters. The minimum Gasteiger partial charge on any atom is -0.491 e. The number of fused-ring (bicyclic) bond motifs is 1. The van der Waals surface area contributed by atoms with E-state index in [2.05, 4.69) is 17.6 Å². The van der Waals surface area contributed by atoms with Crippen LogP contribution in [0, 0.1) is 5.92 Å². The van der Waals surface area contributed by atoms with Crippen LogP contribution >= 0.6 is 0 Å². The zero-order valence-electron chi connectivity index (χ0n) is 25.4. The maximum atomic E-state index is 13.5. The van der Waals surface area contributed by atoms with Gasteiger partial charge in [-0.3, -0.25) is 9.59 Å². The highest BCUT2D eigenvalue weighted by Crippen LogP contribution is 2.28. The summed E-state index contributed by atoms with van der Waals surface area (Å²) < 4.78 is 16.1. The molecule has 10 nitrogen and oxygen atoms in total. The van der Waals surface area contributed by atoms with Crippen LogP contribution in [0.2, 0.25) is 0 Å². The molecule has 1 fully saturated rings. The maximum absolute atomic E-state index is 13.5. The molecule has 0 aromatic heterocycles. The summed E-state index contributed by atoms with van der Waals surface area (Å²) >= 11 is 0. The van der Waals surface area contributed by atoms with Gasteiger partial charge in [0.05, 0.1) is 20.3 Å². The molecule has 1 aliphatic carbocycles. The number of methoxy groups -OCH3 is 1. The average molecular weight is 588 g/mol. The van der Waals surface area contributed by atoms with Crippen LogP contribution in [0.5, 0.6) is 5.75 Å². The Morgan fingerprint density at radius 3 is 2.52 bits per heavy atom. The predicted molar refractivity (Wildman–Crippen MR) is 159 cm³/mol. The molecule has 0 saturated heterocycles. The fourth-order valence-corrected chi connectivity index (χ4v) is 5.67. The van der Waals surface area contributed by atoms with E-state index in [0.29, 0.717) is 38.6 Å². The number of carbonyl (C=O) groups excluding carboxylic acids is 4. The number of nitrogens with zero attached hydrogens (tertiary/aromatic N) is 1. The molecule has 2 N–H and O–H groups in total. The van der Waals surface area contributed by atoms with Gasteiger partial charge in [-0.1, -0.05) is 82.9 Å². The summed E-state index contributed by atoms with van der Waals surface area (Å²) in [5, 5.41) is 5.51. The van der Waals surface area contributed by atoms with Gasteiger partial charge in [0.2, 0.25) is 11.8 Å². The highest BCUT2D eigenvalue weighted by molar-refractivity contribution is 5.90. The minimum absolute atomic E-state index is 0.0446. The Hall–Kier alpha value is -3.30. The van der Waals surface area contributed by atoms with Crippen LogP contribution in [0.3, 0.4) is 0 Å². The maximum Gasteiger partial charge on any atom is 0.407 e. The van der Waals surface area contributed by atoms with Crippen molar-refractivity contribution in [3.63, 3.8) is 0 Å². The van der Waals surface area contributed by atoms with Gasteiger partial charge in [-0.15, -0.1) is 0 Å². The summed E-state index contributed by atoms with van der Waals surface area (Å²) in [5.74, 6) is -0.181. The van der Waals surface area contributed by atoms with Crippen LogP contribution in [0.15, 0.2) is 24.3 Å². The van der Waals surface area contributed by atoms with Gasteiger partial charge in [-0.25, -0.2) is 9.59 Å². The van der Waals surface area contributed by atoms with Crippen LogP contribution in [0.25, 0.3) is 0 Å². The number of ether oxygens (including phenoxy) is 3. The molecule has 1 aromatic rings. The Kier molecular flexibility index (Phi) is 14.5. The van der Waals surface area contributed by atoms with Crippen molar-refractivity contribution in [3.05, 3.63) is 29.8 Å². The Morgan fingerprint density at radius 2 is 1.76 bits per heavy atom. The molecular formula is C32H49N3O7. The highest BCUT2D eigenvalue weighted by atomic mass is 16.5. The number of hydrogen-bond donors (Lipinski definition) is 2. The lowest BCUT2D eigenvalue weighted by atomic mass is 9.84. The third-order valence-electron chi connectivity index (χ3n) is 8.14. The average Bonchev–Trinajstić information content (AvgIpc) is 3.23. The van der Waals surface area contributed by atoms with Crippen molar-refractivity contribution in [2.24, 2.45) is 5.92 Å². The summed E-state index contributed by atoms with van der Waals surface area (Å²) in [7, 11) is 1.25. The molecule has 3 rings (SSSR count). The van der Waals surface area contributed by atoms with Crippen molar-refractivity contribution in [1.29, 1.82) is 0 Å². The second kappa shape index (κ2) is 18.3. The fraction of sp³-hybridized carbons (Fsp3) is 0.688. The molecule has 0 spiro atoms. The summed E-state index contributed by atoms with van der Waals surface area (Å²) in [5.41, 5.74) is 0.922. The number of esters is 1. The molecular weight excluding hydrogens is 538 g/mol. The summed E-state index contributed by atoms with van der Waals surface area (Å²) in [4.78, 5) is 53.5. The van der Waals surface area contributed by atoms with Gasteiger partial charge in [0.15, 0.2) is 0 Å².